The fourth-order valence-corrected chi connectivity index (χ4v) is 2.86. The highest BCUT2D eigenvalue weighted by molar-refractivity contribution is 5.88. The van der Waals surface area contributed by atoms with Crippen molar-refractivity contribution in [1.82, 2.24) is 5.32 Å². The summed E-state index contributed by atoms with van der Waals surface area (Å²) in [6.45, 7) is 7.29. The lowest BCUT2D eigenvalue weighted by Gasteiger charge is -2.37. The molecule has 1 aromatic carbocycles. The highest BCUT2D eigenvalue weighted by Gasteiger charge is 2.49. The number of hydrogen-bond donors (Lipinski definition) is 2. The maximum absolute atomic E-state index is 12.7. The molecular formula is C19H29NO4. The molecule has 0 aliphatic carbocycles. The molecule has 24 heavy (non-hydrogen) atoms. The van der Waals surface area contributed by atoms with Crippen molar-refractivity contribution >= 4 is 11.9 Å². The van der Waals surface area contributed by atoms with Gasteiger partial charge in [0.25, 0.3) is 0 Å². The minimum atomic E-state index is -1.40. The average Bonchev–Trinajstić information content (AvgIpc) is 2.49. The smallest absolute Gasteiger partial charge is 0.325 e. The molecule has 5 heteroatoms. The molecular weight excluding hydrogens is 306 g/mol. The van der Waals surface area contributed by atoms with E-state index in [4.69, 9.17) is 4.74 Å². The van der Waals surface area contributed by atoms with Gasteiger partial charge in [0.15, 0.2) is 0 Å². The van der Waals surface area contributed by atoms with Crippen LogP contribution >= 0.6 is 0 Å². The molecule has 5 nitrogen and oxygen atoms in total. The fraction of sp³-hybridized carbons (Fsp3) is 0.579. The zero-order valence-corrected chi connectivity index (χ0v) is 15.3. The number of carboxylic acid groups (broad SMARTS) is 1. The number of benzene rings is 1. The minimum absolute atomic E-state index is 0.212. The van der Waals surface area contributed by atoms with Crippen LogP contribution < -0.4 is 5.32 Å². The molecule has 2 unspecified atom stereocenters. The second kappa shape index (κ2) is 8.29. The molecule has 1 aromatic rings. The first-order valence-corrected chi connectivity index (χ1v) is 8.35. The van der Waals surface area contributed by atoms with Gasteiger partial charge >= 0.3 is 11.9 Å². The van der Waals surface area contributed by atoms with E-state index in [9.17, 15) is 14.7 Å². The largest absolute Gasteiger partial charge is 0.480 e. The SMILES string of the molecule is CCCC(C(=O)OC(C)(C)C)C(Cc1ccccc1)(NC)C(=O)O. The van der Waals surface area contributed by atoms with Crippen molar-refractivity contribution in [1.29, 1.82) is 0 Å². The van der Waals surface area contributed by atoms with E-state index in [2.05, 4.69) is 5.32 Å². The van der Waals surface area contributed by atoms with Crippen molar-refractivity contribution in [2.24, 2.45) is 5.92 Å². The number of likely N-dealkylation sites (N-methyl/N-ethyl adjacent to an activating group) is 1. The van der Waals surface area contributed by atoms with Crippen LogP contribution in [0.2, 0.25) is 0 Å². The van der Waals surface area contributed by atoms with Gasteiger partial charge in [0, 0.05) is 6.42 Å². The first-order chi connectivity index (χ1) is 11.2. The maximum atomic E-state index is 12.7. The van der Waals surface area contributed by atoms with Crippen molar-refractivity contribution in [3.8, 4) is 0 Å². The Bertz CT molecular complexity index is 550. The van der Waals surface area contributed by atoms with Gasteiger partial charge in [-0.3, -0.25) is 9.59 Å². The van der Waals surface area contributed by atoms with E-state index in [1.807, 2.05) is 37.3 Å². The van der Waals surface area contributed by atoms with E-state index in [1.54, 1.807) is 27.8 Å². The summed E-state index contributed by atoms with van der Waals surface area (Å²) < 4.78 is 5.51. The van der Waals surface area contributed by atoms with Crippen LogP contribution in [0.1, 0.15) is 46.1 Å². The molecule has 2 N–H and O–H groups in total. The van der Waals surface area contributed by atoms with E-state index in [1.165, 1.54) is 0 Å². The molecule has 1 rings (SSSR count). The Morgan fingerprint density at radius 3 is 2.21 bits per heavy atom. The number of carbonyl (C=O) groups excluding carboxylic acids is 1. The lowest BCUT2D eigenvalue weighted by molar-refractivity contribution is -0.169. The number of nitrogens with one attached hydrogen (secondary N) is 1. The van der Waals surface area contributed by atoms with Crippen LogP contribution in [0, 0.1) is 5.92 Å². The van der Waals surface area contributed by atoms with Gasteiger partial charge in [-0.05, 0) is 39.8 Å². The molecule has 0 aromatic heterocycles. The predicted octanol–water partition coefficient (Wildman–Crippen LogP) is 3.03. The van der Waals surface area contributed by atoms with Gasteiger partial charge in [0.05, 0.1) is 5.92 Å². The Morgan fingerprint density at radius 2 is 1.79 bits per heavy atom. The highest BCUT2D eigenvalue weighted by Crippen LogP contribution is 2.30. The molecule has 2 atom stereocenters. The summed E-state index contributed by atoms with van der Waals surface area (Å²) in [5.74, 6) is -2.29. The van der Waals surface area contributed by atoms with Crippen molar-refractivity contribution < 1.29 is 19.4 Å². The topological polar surface area (TPSA) is 75.6 Å². The second-order valence-electron chi connectivity index (χ2n) is 7.06. The molecule has 0 bridgehead atoms. The number of rotatable bonds is 8. The molecule has 0 saturated heterocycles. The zero-order chi connectivity index (χ0) is 18.4. The highest BCUT2D eigenvalue weighted by atomic mass is 16.6. The third kappa shape index (κ3) is 5.06. The quantitative estimate of drug-likeness (QED) is 0.714. The van der Waals surface area contributed by atoms with Gasteiger partial charge in [-0.2, -0.15) is 0 Å². The van der Waals surface area contributed by atoms with Crippen LogP contribution in [0.4, 0.5) is 0 Å². The zero-order valence-electron chi connectivity index (χ0n) is 15.3. The Morgan fingerprint density at radius 1 is 1.21 bits per heavy atom. The van der Waals surface area contributed by atoms with E-state index >= 15 is 0 Å². The van der Waals surface area contributed by atoms with Gasteiger partial charge in [0.2, 0.25) is 0 Å². The Labute approximate surface area is 144 Å². The molecule has 0 aliphatic heterocycles. The normalized spacial score (nSPS) is 15.4. The number of aliphatic carboxylic acids is 1. The first-order valence-electron chi connectivity index (χ1n) is 8.35. The Hall–Kier alpha value is -1.88. The molecule has 0 fully saturated rings. The standard InChI is InChI=1S/C19H29NO4/c1-6-10-15(16(21)24-18(2,3)4)19(20-5,17(22)23)13-14-11-8-7-9-12-14/h7-9,11-12,15,20H,6,10,13H2,1-5H3,(H,22,23). The van der Waals surface area contributed by atoms with E-state index in [-0.39, 0.29) is 6.42 Å². The Balaban J connectivity index is 3.26. The summed E-state index contributed by atoms with van der Waals surface area (Å²) in [7, 11) is 1.59. The number of ether oxygens (including phenoxy) is 1. The molecule has 0 aliphatic rings. The lowest BCUT2D eigenvalue weighted by atomic mass is 9.76. The van der Waals surface area contributed by atoms with Gasteiger partial charge < -0.3 is 15.2 Å². The summed E-state index contributed by atoms with van der Waals surface area (Å²) in [4.78, 5) is 24.9. The van der Waals surface area contributed by atoms with Crippen molar-refractivity contribution in [3.05, 3.63) is 35.9 Å². The second-order valence-corrected chi connectivity index (χ2v) is 7.06. The van der Waals surface area contributed by atoms with Crippen LogP contribution in [0.5, 0.6) is 0 Å². The third-order valence-corrected chi connectivity index (χ3v) is 4.02. The van der Waals surface area contributed by atoms with Gasteiger partial charge in [0.1, 0.15) is 11.1 Å². The summed E-state index contributed by atoms with van der Waals surface area (Å²) >= 11 is 0. The molecule has 0 saturated carbocycles. The molecule has 0 spiro atoms. The van der Waals surface area contributed by atoms with Gasteiger partial charge in [-0.1, -0.05) is 43.7 Å². The average molecular weight is 335 g/mol. The van der Waals surface area contributed by atoms with Gasteiger partial charge in [-0.15, -0.1) is 0 Å². The minimum Gasteiger partial charge on any atom is -0.480 e. The lowest BCUT2D eigenvalue weighted by Crippen LogP contribution is -2.60. The van der Waals surface area contributed by atoms with Crippen LogP contribution in [0.3, 0.4) is 0 Å². The van der Waals surface area contributed by atoms with E-state index in [0.717, 1.165) is 5.56 Å². The molecule has 0 heterocycles. The van der Waals surface area contributed by atoms with Crippen LogP contribution in [0.25, 0.3) is 0 Å². The molecule has 134 valence electrons. The summed E-state index contributed by atoms with van der Waals surface area (Å²) in [6.07, 6.45) is 1.34. The van der Waals surface area contributed by atoms with Crippen LogP contribution in [-0.2, 0) is 20.7 Å². The molecule has 0 amide bonds. The van der Waals surface area contributed by atoms with E-state index < -0.39 is 29.0 Å². The Kier molecular flexibility index (Phi) is 6.96. The summed E-state index contributed by atoms with van der Waals surface area (Å²) in [6, 6.07) is 9.34. The number of carboxylic acids is 1. The van der Waals surface area contributed by atoms with Crippen LogP contribution in [0.15, 0.2) is 30.3 Å². The van der Waals surface area contributed by atoms with Crippen LogP contribution in [-0.4, -0.2) is 35.2 Å². The maximum Gasteiger partial charge on any atom is 0.325 e. The van der Waals surface area contributed by atoms with Crippen molar-refractivity contribution in [2.75, 3.05) is 7.05 Å². The van der Waals surface area contributed by atoms with Crippen molar-refractivity contribution in [2.45, 2.75) is 58.1 Å². The van der Waals surface area contributed by atoms with Crippen molar-refractivity contribution in [3.63, 3.8) is 0 Å². The third-order valence-electron chi connectivity index (χ3n) is 4.02. The predicted molar refractivity (Wildman–Crippen MR) is 93.8 cm³/mol. The summed E-state index contributed by atoms with van der Waals surface area (Å²) in [5.41, 5.74) is -1.20. The van der Waals surface area contributed by atoms with E-state index in [0.29, 0.717) is 12.8 Å². The summed E-state index contributed by atoms with van der Waals surface area (Å²) in [5, 5.41) is 12.9. The first kappa shape index (κ1) is 20.2. The number of carbonyl (C=O) groups is 2. The molecule has 0 radical (unpaired) electrons. The fourth-order valence-electron chi connectivity index (χ4n) is 2.86. The number of esters is 1. The van der Waals surface area contributed by atoms with Gasteiger partial charge in [-0.25, -0.2) is 0 Å². The number of hydrogen-bond acceptors (Lipinski definition) is 4. The monoisotopic (exact) mass is 335 g/mol.